The smallest absolute Gasteiger partial charge is 0.171 e. The van der Waals surface area contributed by atoms with Crippen molar-refractivity contribution in [3.8, 4) is 23.0 Å². The maximum atomic E-state index is 14.8. The van der Waals surface area contributed by atoms with E-state index in [-0.39, 0.29) is 23.0 Å². The van der Waals surface area contributed by atoms with Gasteiger partial charge in [0.15, 0.2) is 9.84 Å². The number of hydrogen-bond acceptors (Lipinski definition) is 6. The summed E-state index contributed by atoms with van der Waals surface area (Å²) in [5, 5.41) is -1.64. The normalized spacial score (nSPS) is 13.2. The minimum atomic E-state index is -4.20. The van der Waals surface area contributed by atoms with Crippen LogP contribution >= 0.6 is 23.2 Å². The third-order valence-corrected chi connectivity index (χ3v) is 9.78. The molecule has 236 valence electrons. The minimum absolute atomic E-state index is 0.153. The maximum Gasteiger partial charge on any atom is 0.171 e. The monoisotopic (exact) mass is 674 g/mol. The highest BCUT2D eigenvalue weighted by molar-refractivity contribution is 7.92. The molecule has 0 aliphatic heterocycles. The first-order valence-corrected chi connectivity index (χ1v) is 15.8. The standard InChI is InChI=1S/C34H30Cl2F2O6S/c1-41-29-17-25(37)18-30(42-2)27(29)13-15-33(21-5-9-23(35)10-6-21)45(39,40)34(22-7-11-24(36)12-8-22)16-14-28-31(43-3)19-26(38)20-32(28)44-4/h5-20,33-34H,1-4H3. The topological polar surface area (TPSA) is 71.1 Å². The first-order chi connectivity index (χ1) is 21.5. The molecule has 4 aromatic carbocycles. The fraction of sp³-hybridized carbons (Fsp3) is 0.176. The van der Waals surface area contributed by atoms with E-state index in [1.165, 1.54) is 77.0 Å². The number of ether oxygens (including phenoxy) is 4. The van der Waals surface area contributed by atoms with Crippen molar-refractivity contribution in [1.82, 2.24) is 0 Å². The van der Waals surface area contributed by atoms with Crippen molar-refractivity contribution < 1.29 is 36.1 Å². The molecule has 2 atom stereocenters. The average Bonchev–Trinajstić information content (AvgIpc) is 3.02. The fourth-order valence-corrected chi connectivity index (χ4v) is 7.03. The predicted molar refractivity (Wildman–Crippen MR) is 174 cm³/mol. The molecule has 0 amide bonds. The Morgan fingerprint density at radius 1 is 0.578 bits per heavy atom. The average molecular weight is 676 g/mol. The van der Waals surface area contributed by atoms with Crippen LogP contribution in [0.2, 0.25) is 10.0 Å². The molecule has 0 bridgehead atoms. The summed E-state index contributed by atoms with van der Waals surface area (Å²) >= 11 is 12.3. The van der Waals surface area contributed by atoms with E-state index in [0.29, 0.717) is 32.3 Å². The number of sulfone groups is 1. The lowest BCUT2D eigenvalue weighted by molar-refractivity contribution is 0.386. The van der Waals surface area contributed by atoms with Gasteiger partial charge in [0.05, 0.1) is 39.6 Å². The summed E-state index contributed by atoms with van der Waals surface area (Å²) in [6.45, 7) is 0. The Morgan fingerprint density at radius 2 is 0.867 bits per heavy atom. The van der Waals surface area contributed by atoms with Crippen LogP contribution in [0.4, 0.5) is 8.78 Å². The molecule has 0 fully saturated rings. The first kappa shape index (κ1) is 33.8. The van der Waals surface area contributed by atoms with E-state index in [1.54, 1.807) is 48.5 Å². The van der Waals surface area contributed by atoms with Crippen LogP contribution in [0.5, 0.6) is 23.0 Å². The van der Waals surface area contributed by atoms with Crippen LogP contribution < -0.4 is 18.9 Å². The van der Waals surface area contributed by atoms with Crippen LogP contribution in [0.15, 0.2) is 84.9 Å². The molecule has 0 saturated carbocycles. The molecule has 45 heavy (non-hydrogen) atoms. The second-order valence-corrected chi connectivity index (χ2v) is 12.8. The molecule has 0 spiro atoms. The lowest BCUT2D eigenvalue weighted by Crippen LogP contribution is -2.19. The second-order valence-electron chi connectivity index (χ2n) is 9.70. The van der Waals surface area contributed by atoms with Gasteiger partial charge >= 0.3 is 0 Å². The van der Waals surface area contributed by atoms with Gasteiger partial charge in [-0.1, -0.05) is 59.6 Å². The maximum absolute atomic E-state index is 14.8. The predicted octanol–water partition coefficient (Wildman–Crippen LogP) is 8.93. The molecule has 11 heteroatoms. The van der Waals surface area contributed by atoms with Crippen LogP contribution in [0, 0.1) is 11.6 Å². The Morgan fingerprint density at radius 3 is 1.13 bits per heavy atom. The van der Waals surface area contributed by atoms with Crippen LogP contribution in [0.1, 0.15) is 32.8 Å². The van der Waals surface area contributed by atoms with E-state index in [9.17, 15) is 17.2 Å². The zero-order valence-corrected chi connectivity index (χ0v) is 27.1. The van der Waals surface area contributed by atoms with Gasteiger partial charge in [0.2, 0.25) is 0 Å². The van der Waals surface area contributed by atoms with E-state index in [1.807, 2.05) is 0 Å². The highest BCUT2D eigenvalue weighted by atomic mass is 35.5. The van der Waals surface area contributed by atoms with Crippen molar-refractivity contribution in [3.05, 3.63) is 129 Å². The van der Waals surface area contributed by atoms with Crippen LogP contribution in [0.25, 0.3) is 12.2 Å². The molecule has 6 nitrogen and oxygen atoms in total. The highest BCUT2D eigenvalue weighted by Crippen LogP contribution is 2.41. The summed E-state index contributed by atoms with van der Waals surface area (Å²) in [6.07, 6.45) is 5.99. The van der Waals surface area contributed by atoms with Gasteiger partial charge in [-0.15, -0.1) is 0 Å². The van der Waals surface area contributed by atoms with Crippen molar-refractivity contribution in [2.75, 3.05) is 28.4 Å². The molecule has 0 heterocycles. The molecule has 0 radical (unpaired) electrons. The number of benzene rings is 4. The highest BCUT2D eigenvalue weighted by Gasteiger charge is 2.34. The lowest BCUT2D eigenvalue weighted by atomic mass is 10.1. The van der Waals surface area contributed by atoms with Crippen molar-refractivity contribution in [3.63, 3.8) is 0 Å². The molecular formula is C34H30Cl2F2O6S. The third kappa shape index (κ3) is 7.79. The van der Waals surface area contributed by atoms with Crippen LogP contribution in [-0.2, 0) is 9.84 Å². The third-order valence-electron chi connectivity index (χ3n) is 7.00. The Labute approximate surface area is 271 Å². The van der Waals surface area contributed by atoms with Crippen molar-refractivity contribution in [2.24, 2.45) is 0 Å². The Kier molecular flexibility index (Phi) is 11.1. The van der Waals surface area contributed by atoms with Crippen LogP contribution in [-0.4, -0.2) is 36.9 Å². The van der Waals surface area contributed by atoms with Gasteiger partial charge in [-0.25, -0.2) is 17.2 Å². The molecule has 0 aliphatic carbocycles. The van der Waals surface area contributed by atoms with Gasteiger partial charge < -0.3 is 18.9 Å². The SMILES string of the molecule is COc1cc(F)cc(OC)c1C=CC(c1ccc(Cl)cc1)S(=O)(=O)C(C=Cc1c(OC)cc(F)cc1OC)c1ccc(Cl)cc1. The van der Waals surface area contributed by atoms with Crippen molar-refractivity contribution in [1.29, 1.82) is 0 Å². The number of rotatable bonds is 12. The Balaban J connectivity index is 1.93. The summed E-state index contributed by atoms with van der Waals surface area (Å²) in [7, 11) is 1.29. The van der Waals surface area contributed by atoms with Gasteiger partial charge in [-0.2, -0.15) is 0 Å². The van der Waals surface area contributed by atoms with Gasteiger partial charge in [-0.3, -0.25) is 0 Å². The van der Waals surface area contributed by atoms with E-state index < -0.39 is 32.0 Å². The zero-order chi connectivity index (χ0) is 32.7. The Hall–Kier alpha value is -4.05. The number of hydrogen-bond donors (Lipinski definition) is 0. The molecular weight excluding hydrogens is 645 g/mol. The van der Waals surface area contributed by atoms with E-state index in [2.05, 4.69) is 0 Å². The number of halogens is 4. The molecule has 0 saturated heterocycles. The lowest BCUT2D eigenvalue weighted by Gasteiger charge is -2.22. The summed E-state index contributed by atoms with van der Waals surface area (Å²) in [6, 6.07) is 17.5. The van der Waals surface area contributed by atoms with Gasteiger partial charge in [-0.05, 0) is 47.5 Å². The Bertz CT molecular complexity index is 1630. The summed E-state index contributed by atoms with van der Waals surface area (Å²) < 4.78 is 79.4. The van der Waals surface area contributed by atoms with E-state index >= 15 is 0 Å². The quantitative estimate of drug-likeness (QED) is 0.149. The molecule has 4 aromatic rings. The first-order valence-electron chi connectivity index (χ1n) is 13.5. The van der Waals surface area contributed by atoms with Gasteiger partial charge in [0.25, 0.3) is 0 Å². The molecule has 4 rings (SSSR count). The van der Waals surface area contributed by atoms with Crippen molar-refractivity contribution >= 4 is 45.2 Å². The molecule has 0 aliphatic rings. The van der Waals surface area contributed by atoms with E-state index in [4.69, 9.17) is 42.1 Å². The second kappa shape index (κ2) is 14.8. The summed E-state index contributed by atoms with van der Waals surface area (Å²) in [4.78, 5) is 0. The van der Waals surface area contributed by atoms with E-state index in [0.717, 1.165) is 0 Å². The summed E-state index contributed by atoms with van der Waals surface area (Å²) in [5.41, 5.74) is 1.52. The van der Waals surface area contributed by atoms with Crippen molar-refractivity contribution in [2.45, 2.75) is 10.5 Å². The summed E-state index contributed by atoms with van der Waals surface area (Å²) in [5.74, 6) is -0.551. The zero-order valence-electron chi connectivity index (χ0n) is 24.8. The van der Waals surface area contributed by atoms with Crippen LogP contribution in [0.3, 0.4) is 0 Å². The fourth-order valence-electron chi connectivity index (χ4n) is 4.79. The molecule has 2 unspecified atom stereocenters. The largest absolute Gasteiger partial charge is 0.496 e. The molecule has 0 N–H and O–H groups in total. The minimum Gasteiger partial charge on any atom is -0.496 e. The van der Waals surface area contributed by atoms with Gasteiger partial charge in [0.1, 0.15) is 45.1 Å². The van der Waals surface area contributed by atoms with Gasteiger partial charge in [0, 0.05) is 34.3 Å². The molecule has 0 aromatic heterocycles. The number of methoxy groups -OCH3 is 4.